The predicted molar refractivity (Wildman–Crippen MR) is 103 cm³/mol. The molecule has 0 atom stereocenters. The molecule has 1 aromatic carbocycles. The zero-order chi connectivity index (χ0) is 17.8. The quantitative estimate of drug-likeness (QED) is 0.615. The monoisotopic (exact) mass is 392 g/mol. The van der Waals surface area contributed by atoms with E-state index in [2.05, 4.69) is 20.6 Å². The molecule has 0 aliphatic rings. The second kappa shape index (κ2) is 7.82. The molecule has 0 spiro atoms. The van der Waals surface area contributed by atoms with Crippen LogP contribution in [0.25, 0.3) is 0 Å². The molecule has 2 aromatic heterocycles. The van der Waals surface area contributed by atoms with E-state index in [1.54, 1.807) is 19.3 Å². The van der Waals surface area contributed by atoms with Gasteiger partial charge in [-0.2, -0.15) is 0 Å². The Morgan fingerprint density at radius 2 is 2.04 bits per heavy atom. The van der Waals surface area contributed by atoms with Gasteiger partial charge in [-0.15, -0.1) is 11.3 Å². The van der Waals surface area contributed by atoms with Crippen molar-refractivity contribution in [2.24, 2.45) is 0 Å². The van der Waals surface area contributed by atoms with Crippen LogP contribution in [0.4, 0.5) is 10.9 Å². The standard InChI is InChI=1S/C17H14Cl2N4OS/c1-20-15-8-11(7-14(19)22-15)16(24)23-17-21-9-12(25-17)6-10-4-2-3-5-13(10)18/h2-5,7-9H,6H2,1H3,(H,20,22)(H,21,23,24). The number of halogens is 2. The smallest absolute Gasteiger partial charge is 0.257 e. The third kappa shape index (κ3) is 4.48. The maximum Gasteiger partial charge on any atom is 0.257 e. The summed E-state index contributed by atoms with van der Waals surface area (Å²) in [6.45, 7) is 0. The molecule has 2 heterocycles. The number of pyridine rings is 1. The first kappa shape index (κ1) is 17.7. The molecule has 0 bridgehead atoms. The maximum atomic E-state index is 12.4. The maximum absolute atomic E-state index is 12.4. The van der Waals surface area contributed by atoms with Gasteiger partial charge in [0.2, 0.25) is 0 Å². The minimum atomic E-state index is -0.292. The van der Waals surface area contributed by atoms with E-state index >= 15 is 0 Å². The molecule has 128 valence electrons. The molecule has 3 rings (SSSR count). The summed E-state index contributed by atoms with van der Waals surface area (Å²) >= 11 is 13.5. The summed E-state index contributed by atoms with van der Waals surface area (Å²) in [7, 11) is 1.71. The third-order valence-corrected chi connectivity index (χ3v) is 4.88. The number of nitrogens with one attached hydrogen (secondary N) is 2. The molecular formula is C17H14Cl2N4OS. The van der Waals surface area contributed by atoms with Crippen LogP contribution in [0.5, 0.6) is 0 Å². The SMILES string of the molecule is CNc1cc(C(=O)Nc2ncc(Cc3ccccc3Cl)s2)cc(Cl)n1. The molecule has 0 aliphatic heterocycles. The van der Waals surface area contributed by atoms with E-state index in [1.807, 2.05) is 24.3 Å². The molecule has 3 aromatic rings. The molecule has 0 saturated carbocycles. The number of aromatic nitrogens is 2. The van der Waals surface area contributed by atoms with Gasteiger partial charge in [0.25, 0.3) is 5.91 Å². The first-order valence-electron chi connectivity index (χ1n) is 7.40. The van der Waals surface area contributed by atoms with Crippen LogP contribution in [0.1, 0.15) is 20.8 Å². The lowest BCUT2D eigenvalue weighted by atomic mass is 10.1. The first-order valence-corrected chi connectivity index (χ1v) is 8.97. The van der Waals surface area contributed by atoms with Crippen molar-refractivity contribution in [1.82, 2.24) is 9.97 Å². The average molecular weight is 393 g/mol. The Hall–Kier alpha value is -2.15. The number of carbonyl (C=O) groups excluding carboxylic acids is 1. The van der Waals surface area contributed by atoms with Crippen LogP contribution < -0.4 is 10.6 Å². The van der Waals surface area contributed by atoms with Crippen molar-refractivity contribution < 1.29 is 4.79 Å². The van der Waals surface area contributed by atoms with Crippen LogP contribution in [0.15, 0.2) is 42.6 Å². The molecule has 5 nitrogen and oxygen atoms in total. The van der Waals surface area contributed by atoms with Crippen LogP contribution >= 0.6 is 34.5 Å². The Labute approximate surface area is 159 Å². The number of carbonyl (C=O) groups is 1. The van der Waals surface area contributed by atoms with Crippen molar-refractivity contribution in [3.8, 4) is 0 Å². The van der Waals surface area contributed by atoms with Crippen molar-refractivity contribution >= 4 is 51.4 Å². The summed E-state index contributed by atoms with van der Waals surface area (Å²) in [5.41, 5.74) is 1.43. The normalized spacial score (nSPS) is 10.5. The fourth-order valence-corrected chi connectivity index (χ4v) is 3.44. The van der Waals surface area contributed by atoms with Crippen molar-refractivity contribution in [2.45, 2.75) is 6.42 Å². The molecule has 0 radical (unpaired) electrons. The number of nitrogens with zero attached hydrogens (tertiary/aromatic N) is 2. The Kier molecular flexibility index (Phi) is 5.53. The summed E-state index contributed by atoms with van der Waals surface area (Å²) in [6.07, 6.45) is 2.40. The van der Waals surface area contributed by atoms with Gasteiger partial charge in [0, 0.05) is 35.1 Å². The van der Waals surface area contributed by atoms with Crippen LogP contribution in [-0.2, 0) is 6.42 Å². The topological polar surface area (TPSA) is 66.9 Å². The fraction of sp³-hybridized carbons (Fsp3) is 0.118. The molecular weight excluding hydrogens is 379 g/mol. The van der Waals surface area contributed by atoms with Crippen LogP contribution in [0, 0.1) is 0 Å². The van der Waals surface area contributed by atoms with Gasteiger partial charge in [0.15, 0.2) is 5.13 Å². The average Bonchev–Trinajstić information content (AvgIpc) is 3.03. The molecule has 0 unspecified atom stereocenters. The number of thiazole rings is 1. The van der Waals surface area contributed by atoms with Gasteiger partial charge in [0.1, 0.15) is 11.0 Å². The van der Waals surface area contributed by atoms with Crippen molar-refractivity contribution in [3.05, 3.63) is 68.8 Å². The molecule has 25 heavy (non-hydrogen) atoms. The zero-order valence-corrected chi connectivity index (χ0v) is 15.5. The summed E-state index contributed by atoms with van der Waals surface area (Å²) in [4.78, 5) is 21.7. The second-order valence-electron chi connectivity index (χ2n) is 5.17. The zero-order valence-electron chi connectivity index (χ0n) is 13.2. The molecule has 0 fully saturated rings. The van der Waals surface area contributed by atoms with E-state index in [0.717, 1.165) is 10.4 Å². The minimum absolute atomic E-state index is 0.246. The van der Waals surface area contributed by atoms with Gasteiger partial charge < -0.3 is 5.32 Å². The van der Waals surface area contributed by atoms with Gasteiger partial charge in [0.05, 0.1) is 0 Å². The fourth-order valence-electron chi connectivity index (χ4n) is 2.20. The van der Waals surface area contributed by atoms with Crippen molar-refractivity contribution in [3.63, 3.8) is 0 Å². The Morgan fingerprint density at radius 3 is 2.80 bits per heavy atom. The van der Waals surface area contributed by atoms with E-state index in [0.29, 0.717) is 28.0 Å². The van der Waals surface area contributed by atoms with Gasteiger partial charge in [-0.3, -0.25) is 10.1 Å². The largest absolute Gasteiger partial charge is 0.373 e. The van der Waals surface area contributed by atoms with E-state index in [9.17, 15) is 4.79 Å². The molecule has 2 N–H and O–H groups in total. The number of hydrogen-bond acceptors (Lipinski definition) is 5. The van der Waals surface area contributed by atoms with Crippen LogP contribution in [-0.4, -0.2) is 22.9 Å². The molecule has 8 heteroatoms. The van der Waals surface area contributed by atoms with Gasteiger partial charge in [-0.1, -0.05) is 41.4 Å². The van der Waals surface area contributed by atoms with Crippen molar-refractivity contribution in [1.29, 1.82) is 0 Å². The summed E-state index contributed by atoms with van der Waals surface area (Å²) in [5, 5.41) is 7.12. The highest BCUT2D eigenvalue weighted by Gasteiger charge is 2.12. The Morgan fingerprint density at radius 1 is 1.24 bits per heavy atom. The van der Waals surface area contributed by atoms with Crippen LogP contribution in [0.2, 0.25) is 10.2 Å². The number of anilines is 2. The highest BCUT2D eigenvalue weighted by molar-refractivity contribution is 7.15. The molecule has 0 saturated heterocycles. The lowest BCUT2D eigenvalue weighted by molar-refractivity contribution is 0.102. The van der Waals surface area contributed by atoms with E-state index in [1.165, 1.54) is 17.4 Å². The molecule has 0 aliphatic carbocycles. The predicted octanol–water partition coefficient (Wildman–Crippen LogP) is 4.73. The van der Waals surface area contributed by atoms with E-state index in [4.69, 9.17) is 23.2 Å². The van der Waals surface area contributed by atoms with Gasteiger partial charge in [-0.05, 0) is 23.8 Å². The summed E-state index contributed by atoms with van der Waals surface area (Å²) in [5.74, 6) is 0.232. The Balaban J connectivity index is 1.72. The number of hydrogen-bond donors (Lipinski definition) is 2. The van der Waals surface area contributed by atoms with Crippen molar-refractivity contribution in [2.75, 3.05) is 17.7 Å². The summed E-state index contributed by atoms with van der Waals surface area (Å²) in [6, 6.07) is 10.8. The lowest BCUT2D eigenvalue weighted by Gasteiger charge is -2.05. The van der Waals surface area contributed by atoms with Crippen LogP contribution in [0.3, 0.4) is 0 Å². The van der Waals surface area contributed by atoms with Gasteiger partial charge >= 0.3 is 0 Å². The number of benzene rings is 1. The summed E-state index contributed by atoms with van der Waals surface area (Å²) < 4.78 is 0. The Bertz CT molecular complexity index is 913. The highest BCUT2D eigenvalue weighted by Crippen LogP contribution is 2.25. The van der Waals surface area contributed by atoms with E-state index < -0.39 is 0 Å². The van der Waals surface area contributed by atoms with E-state index in [-0.39, 0.29) is 11.1 Å². The minimum Gasteiger partial charge on any atom is -0.373 e. The first-order chi connectivity index (χ1) is 12.0. The number of rotatable bonds is 5. The third-order valence-electron chi connectivity index (χ3n) is 3.41. The number of amides is 1. The van der Waals surface area contributed by atoms with Gasteiger partial charge in [-0.25, -0.2) is 9.97 Å². The highest BCUT2D eigenvalue weighted by atomic mass is 35.5. The lowest BCUT2D eigenvalue weighted by Crippen LogP contribution is -2.12. The molecule has 1 amide bonds. The second-order valence-corrected chi connectivity index (χ2v) is 7.08.